The van der Waals surface area contributed by atoms with E-state index in [1.54, 1.807) is 4.57 Å². The van der Waals surface area contributed by atoms with Crippen molar-refractivity contribution in [3.63, 3.8) is 0 Å². The molecule has 0 atom stereocenters. The van der Waals surface area contributed by atoms with Crippen LogP contribution < -0.4 is 10.9 Å². The van der Waals surface area contributed by atoms with Gasteiger partial charge in [-0.05, 0) is 43.3 Å². The Labute approximate surface area is 168 Å². The van der Waals surface area contributed by atoms with Crippen molar-refractivity contribution >= 4 is 33.3 Å². The highest BCUT2D eigenvalue weighted by molar-refractivity contribution is 6.07. The summed E-state index contributed by atoms with van der Waals surface area (Å²) in [7, 11) is 1.82. The van der Waals surface area contributed by atoms with E-state index in [-0.39, 0.29) is 5.56 Å². The maximum absolute atomic E-state index is 13.2. The van der Waals surface area contributed by atoms with Crippen molar-refractivity contribution < 1.29 is 0 Å². The third-order valence-electron chi connectivity index (χ3n) is 5.40. The SMILES string of the molecule is Cc1ccc2[nH]c3c(cc(-c4ccccc4Nc4ccccc4)c(=O)n3C)c2c1. The number of fused-ring (bicyclic) bond motifs is 3. The summed E-state index contributed by atoms with van der Waals surface area (Å²) in [5.41, 5.74) is 6.51. The summed E-state index contributed by atoms with van der Waals surface area (Å²) in [5.74, 6) is 0. The van der Waals surface area contributed by atoms with Crippen molar-refractivity contribution in [2.45, 2.75) is 6.92 Å². The minimum Gasteiger partial charge on any atom is -0.355 e. The summed E-state index contributed by atoms with van der Waals surface area (Å²) in [6.45, 7) is 2.08. The Morgan fingerprint density at radius 1 is 0.828 bits per heavy atom. The van der Waals surface area contributed by atoms with Crippen molar-refractivity contribution in [3.8, 4) is 11.1 Å². The molecule has 5 rings (SSSR count). The van der Waals surface area contributed by atoms with Crippen LogP contribution in [0.4, 0.5) is 11.4 Å². The van der Waals surface area contributed by atoms with Gasteiger partial charge in [0, 0.05) is 45.8 Å². The molecule has 0 aliphatic carbocycles. The number of pyridine rings is 1. The monoisotopic (exact) mass is 379 g/mol. The van der Waals surface area contributed by atoms with Crippen molar-refractivity contribution in [1.82, 2.24) is 9.55 Å². The lowest BCUT2D eigenvalue weighted by atomic mass is 10.0. The lowest BCUT2D eigenvalue weighted by Crippen LogP contribution is -2.19. The van der Waals surface area contributed by atoms with Crippen molar-refractivity contribution in [2.75, 3.05) is 5.32 Å². The van der Waals surface area contributed by atoms with E-state index in [9.17, 15) is 4.79 Å². The Bertz CT molecular complexity index is 1410. The van der Waals surface area contributed by atoms with Gasteiger partial charge < -0.3 is 10.3 Å². The Morgan fingerprint density at radius 2 is 1.59 bits per heavy atom. The molecule has 0 fully saturated rings. The highest BCUT2D eigenvalue weighted by atomic mass is 16.1. The Balaban J connectivity index is 1.76. The fraction of sp³-hybridized carbons (Fsp3) is 0.0800. The molecule has 3 aromatic carbocycles. The highest BCUT2D eigenvalue weighted by Crippen LogP contribution is 2.32. The van der Waals surface area contributed by atoms with Gasteiger partial charge in [-0.25, -0.2) is 0 Å². The van der Waals surface area contributed by atoms with Gasteiger partial charge in [-0.15, -0.1) is 0 Å². The van der Waals surface area contributed by atoms with E-state index in [1.165, 1.54) is 5.56 Å². The predicted molar refractivity (Wildman–Crippen MR) is 121 cm³/mol. The number of nitrogens with one attached hydrogen (secondary N) is 2. The van der Waals surface area contributed by atoms with E-state index in [0.717, 1.165) is 38.9 Å². The zero-order valence-corrected chi connectivity index (χ0v) is 16.4. The van der Waals surface area contributed by atoms with Crippen LogP contribution in [0.15, 0.2) is 83.7 Å². The van der Waals surface area contributed by atoms with Crippen molar-refractivity contribution in [1.29, 1.82) is 0 Å². The fourth-order valence-corrected chi connectivity index (χ4v) is 3.91. The van der Waals surface area contributed by atoms with Crippen LogP contribution >= 0.6 is 0 Å². The second-order valence-corrected chi connectivity index (χ2v) is 7.40. The summed E-state index contributed by atoms with van der Waals surface area (Å²) in [4.78, 5) is 16.6. The number of aromatic amines is 1. The molecule has 2 aromatic heterocycles. The number of hydrogen-bond acceptors (Lipinski definition) is 2. The van der Waals surface area contributed by atoms with Gasteiger partial charge in [0.25, 0.3) is 5.56 Å². The zero-order valence-electron chi connectivity index (χ0n) is 16.4. The van der Waals surface area contributed by atoms with Gasteiger partial charge in [0.05, 0.1) is 0 Å². The number of H-pyrrole nitrogens is 1. The number of nitrogens with zero attached hydrogens (tertiary/aromatic N) is 1. The van der Waals surface area contributed by atoms with Crippen LogP contribution in [0.2, 0.25) is 0 Å². The fourth-order valence-electron chi connectivity index (χ4n) is 3.91. The Hall–Kier alpha value is -3.79. The number of para-hydroxylation sites is 2. The first-order valence-electron chi connectivity index (χ1n) is 9.65. The molecule has 29 heavy (non-hydrogen) atoms. The van der Waals surface area contributed by atoms with E-state index < -0.39 is 0 Å². The molecule has 0 aliphatic heterocycles. The Morgan fingerprint density at radius 3 is 2.41 bits per heavy atom. The molecule has 2 heterocycles. The molecule has 142 valence electrons. The molecular weight excluding hydrogens is 358 g/mol. The Kier molecular flexibility index (Phi) is 3.98. The first-order chi connectivity index (χ1) is 14.1. The van der Waals surface area contributed by atoms with Crippen LogP contribution in [0.5, 0.6) is 0 Å². The molecule has 0 bridgehead atoms. The van der Waals surface area contributed by atoms with E-state index in [1.807, 2.05) is 67.7 Å². The van der Waals surface area contributed by atoms with Crippen LogP contribution in [0.1, 0.15) is 5.56 Å². The first kappa shape index (κ1) is 17.3. The molecule has 4 nitrogen and oxygen atoms in total. The number of hydrogen-bond donors (Lipinski definition) is 2. The van der Waals surface area contributed by atoms with Crippen molar-refractivity contribution in [3.05, 3.63) is 94.8 Å². The van der Waals surface area contributed by atoms with Gasteiger partial charge in [0.1, 0.15) is 5.65 Å². The van der Waals surface area contributed by atoms with Gasteiger partial charge >= 0.3 is 0 Å². The smallest absolute Gasteiger partial charge is 0.259 e. The average molecular weight is 379 g/mol. The largest absolute Gasteiger partial charge is 0.355 e. The minimum absolute atomic E-state index is 0.0249. The quantitative estimate of drug-likeness (QED) is 0.420. The molecule has 0 saturated heterocycles. The van der Waals surface area contributed by atoms with Crippen LogP contribution in [0, 0.1) is 6.92 Å². The molecule has 0 aliphatic rings. The third kappa shape index (κ3) is 2.90. The number of aryl methyl sites for hydroxylation is 2. The van der Waals surface area contributed by atoms with Gasteiger partial charge in [0.15, 0.2) is 0 Å². The number of aromatic nitrogens is 2. The topological polar surface area (TPSA) is 49.8 Å². The maximum Gasteiger partial charge on any atom is 0.259 e. The normalized spacial score (nSPS) is 11.2. The first-order valence-corrected chi connectivity index (χ1v) is 9.65. The number of rotatable bonds is 3. The van der Waals surface area contributed by atoms with E-state index in [4.69, 9.17) is 0 Å². The third-order valence-corrected chi connectivity index (χ3v) is 5.40. The van der Waals surface area contributed by atoms with Crippen LogP contribution in [0.3, 0.4) is 0 Å². The molecular formula is C25H21N3O. The molecule has 0 saturated carbocycles. The van der Waals surface area contributed by atoms with Crippen LogP contribution in [-0.2, 0) is 7.05 Å². The molecule has 2 N–H and O–H groups in total. The van der Waals surface area contributed by atoms with Crippen molar-refractivity contribution in [2.24, 2.45) is 7.05 Å². The molecule has 0 spiro atoms. The van der Waals surface area contributed by atoms with Crippen LogP contribution in [0.25, 0.3) is 33.1 Å². The van der Waals surface area contributed by atoms with E-state index in [2.05, 4.69) is 35.4 Å². The predicted octanol–water partition coefficient (Wildman–Crippen LogP) is 5.74. The zero-order chi connectivity index (χ0) is 20.0. The number of benzene rings is 3. The maximum atomic E-state index is 13.2. The molecule has 0 unspecified atom stereocenters. The lowest BCUT2D eigenvalue weighted by Gasteiger charge is -2.13. The second-order valence-electron chi connectivity index (χ2n) is 7.40. The summed E-state index contributed by atoms with van der Waals surface area (Å²) in [6.07, 6.45) is 0. The summed E-state index contributed by atoms with van der Waals surface area (Å²) < 4.78 is 1.71. The van der Waals surface area contributed by atoms with Gasteiger partial charge in [-0.3, -0.25) is 9.36 Å². The molecule has 4 heteroatoms. The summed E-state index contributed by atoms with van der Waals surface area (Å²) in [5, 5.41) is 5.63. The van der Waals surface area contributed by atoms with Gasteiger partial charge in [0.2, 0.25) is 0 Å². The summed E-state index contributed by atoms with van der Waals surface area (Å²) in [6, 6.07) is 26.3. The highest BCUT2D eigenvalue weighted by Gasteiger charge is 2.15. The molecule has 5 aromatic rings. The van der Waals surface area contributed by atoms with Gasteiger partial charge in [-0.2, -0.15) is 0 Å². The standard InChI is InChI=1S/C25H21N3O/c1-16-12-13-23-19(14-16)20-15-21(25(29)28(2)24(20)27-23)18-10-6-7-11-22(18)26-17-8-4-3-5-9-17/h3-15,26-27H,1-2H3. The lowest BCUT2D eigenvalue weighted by molar-refractivity contribution is 0.896. The molecule has 0 amide bonds. The van der Waals surface area contributed by atoms with Crippen LogP contribution in [-0.4, -0.2) is 9.55 Å². The summed E-state index contributed by atoms with van der Waals surface area (Å²) >= 11 is 0. The number of anilines is 2. The molecule has 0 radical (unpaired) electrons. The minimum atomic E-state index is -0.0249. The van der Waals surface area contributed by atoms with E-state index >= 15 is 0 Å². The van der Waals surface area contributed by atoms with Gasteiger partial charge in [-0.1, -0.05) is 48.0 Å². The average Bonchev–Trinajstić information content (AvgIpc) is 3.10. The van der Waals surface area contributed by atoms with E-state index in [0.29, 0.717) is 5.56 Å². The second kappa shape index (κ2) is 6.67.